The Hall–Kier alpha value is -3.68. The van der Waals surface area contributed by atoms with Crippen molar-refractivity contribution in [1.29, 1.82) is 0 Å². The highest BCUT2D eigenvalue weighted by atomic mass is 32.2. The summed E-state index contributed by atoms with van der Waals surface area (Å²) in [7, 11) is -1.82. The number of oxime groups is 1. The molecular formula is C15H15N6O7S-. The quantitative estimate of drug-likeness (QED) is 0.452. The predicted octanol–water partition coefficient (Wildman–Crippen LogP) is -0.886. The summed E-state index contributed by atoms with van der Waals surface area (Å²) in [6.45, 7) is 0.405. The third-order valence-electron chi connectivity index (χ3n) is 3.33. The zero-order valence-electron chi connectivity index (χ0n) is 15.2. The maximum Gasteiger partial charge on any atom is 0.301 e. The number of methoxy groups -OCH3 is 2. The highest BCUT2D eigenvalue weighted by Crippen LogP contribution is 2.19. The van der Waals surface area contributed by atoms with E-state index >= 15 is 0 Å². The lowest BCUT2D eigenvalue weighted by Gasteiger charge is -2.16. The molecule has 2 aromatic rings. The molecule has 3 heterocycles. The Labute approximate surface area is 165 Å². The molecule has 0 fully saturated rings. The number of amidine groups is 1. The maximum atomic E-state index is 12.6. The van der Waals surface area contributed by atoms with Crippen LogP contribution in [0.15, 0.2) is 39.0 Å². The summed E-state index contributed by atoms with van der Waals surface area (Å²) in [6.07, 6.45) is 1.23. The molecule has 1 aliphatic heterocycles. The van der Waals surface area contributed by atoms with Crippen molar-refractivity contribution in [3.05, 3.63) is 30.0 Å². The van der Waals surface area contributed by atoms with Gasteiger partial charge in [0.25, 0.3) is 5.90 Å². The Kier molecular flexibility index (Phi) is 5.92. The maximum absolute atomic E-state index is 12.6. The second kappa shape index (κ2) is 8.55. The van der Waals surface area contributed by atoms with Gasteiger partial charge in [-0.25, -0.2) is 4.98 Å². The van der Waals surface area contributed by atoms with E-state index in [1.165, 1.54) is 38.6 Å². The first kappa shape index (κ1) is 20.1. The number of nitrogens with one attached hydrogen (secondary N) is 1. The fourth-order valence-corrected chi connectivity index (χ4v) is 3.11. The highest BCUT2D eigenvalue weighted by Gasteiger charge is 2.25. The Bertz CT molecular complexity index is 1030. The first-order valence-electron chi connectivity index (χ1n) is 7.97. The molecule has 0 aromatic carbocycles. The number of nitrogens with zero attached hydrogens (tertiary/aromatic N) is 5. The third kappa shape index (κ3) is 4.78. The molecule has 0 saturated heterocycles. The summed E-state index contributed by atoms with van der Waals surface area (Å²) in [5, 5.41) is 17.4. The minimum absolute atomic E-state index is 0.00282. The van der Waals surface area contributed by atoms with Crippen LogP contribution in [0.1, 0.15) is 5.56 Å². The molecule has 1 aliphatic rings. The SMILES string of the molecule is COc1cc(OC)nc(N/C([O-])=N/S(=O)(=O)c2ncccc2C2=NOCCO2)n1. The van der Waals surface area contributed by atoms with E-state index in [0.717, 1.165) is 0 Å². The van der Waals surface area contributed by atoms with Crippen molar-refractivity contribution < 1.29 is 32.6 Å². The molecule has 0 aliphatic carbocycles. The van der Waals surface area contributed by atoms with Gasteiger partial charge in [-0.3, -0.25) is 0 Å². The molecule has 0 amide bonds. The smallest absolute Gasteiger partial charge is 0.301 e. The summed E-state index contributed by atoms with van der Waals surface area (Å²) < 4.78 is 43.6. The molecule has 14 heteroatoms. The van der Waals surface area contributed by atoms with Crippen LogP contribution in [0.5, 0.6) is 11.8 Å². The lowest BCUT2D eigenvalue weighted by molar-refractivity contribution is -0.213. The average molecular weight is 423 g/mol. The summed E-state index contributed by atoms with van der Waals surface area (Å²) in [5.41, 5.74) is 0.00282. The van der Waals surface area contributed by atoms with Crippen molar-refractivity contribution in [2.45, 2.75) is 5.03 Å². The van der Waals surface area contributed by atoms with Crippen molar-refractivity contribution >= 4 is 27.9 Å². The lowest BCUT2D eigenvalue weighted by Crippen LogP contribution is -2.30. The van der Waals surface area contributed by atoms with Gasteiger partial charge in [0, 0.05) is 6.20 Å². The molecule has 0 saturated carbocycles. The number of ether oxygens (including phenoxy) is 3. The van der Waals surface area contributed by atoms with Crippen LogP contribution in [0.3, 0.4) is 0 Å². The van der Waals surface area contributed by atoms with Crippen molar-refractivity contribution in [3.8, 4) is 11.8 Å². The van der Waals surface area contributed by atoms with Crippen LogP contribution in [-0.4, -0.2) is 62.7 Å². The van der Waals surface area contributed by atoms with Gasteiger partial charge < -0.3 is 29.5 Å². The van der Waals surface area contributed by atoms with Crippen molar-refractivity contribution in [1.82, 2.24) is 15.0 Å². The zero-order chi connectivity index (χ0) is 20.9. The molecule has 0 radical (unpaired) electrons. The number of sulfonamides is 1. The van der Waals surface area contributed by atoms with Crippen LogP contribution in [0.4, 0.5) is 5.95 Å². The van der Waals surface area contributed by atoms with Crippen LogP contribution < -0.4 is 19.9 Å². The molecule has 0 bridgehead atoms. The Morgan fingerprint density at radius 1 is 1.24 bits per heavy atom. The van der Waals surface area contributed by atoms with E-state index < -0.39 is 21.1 Å². The molecule has 0 spiro atoms. The second-order valence-corrected chi connectivity index (χ2v) is 6.73. The van der Waals surface area contributed by atoms with Gasteiger partial charge in [0.2, 0.25) is 17.7 Å². The monoisotopic (exact) mass is 423 g/mol. The Morgan fingerprint density at radius 3 is 2.59 bits per heavy atom. The average Bonchev–Trinajstić information content (AvgIpc) is 2.73. The first-order chi connectivity index (χ1) is 13.9. The van der Waals surface area contributed by atoms with Gasteiger partial charge in [0.05, 0.1) is 31.9 Å². The standard InChI is InChI=1S/C15H16N6O7S/c1-25-10-8-11(26-2)18-14(17-10)19-15(22)21-29(23,24)13-9(4-3-5-16-13)12-20-28-7-6-27-12/h3-5,8H,6-7H2,1-2H3,(H2,17,18,19,21,22)/p-1. The molecular weight excluding hydrogens is 408 g/mol. The first-order valence-corrected chi connectivity index (χ1v) is 9.41. The van der Waals surface area contributed by atoms with E-state index in [1.54, 1.807) is 0 Å². The van der Waals surface area contributed by atoms with Crippen molar-refractivity contribution in [2.75, 3.05) is 32.8 Å². The topological polar surface area (TPSA) is 170 Å². The van der Waals surface area contributed by atoms with Crippen LogP contribution >= 0.6 is 0 Å². The predicted molar refractivity (Wildman–Crippen MR) is 96.1 cm³/mol. The van der Waals surface area contributed by atoms with Gasteiger partial charge in [-0.1, -0.05) is 0 Å². The van der Waals surface area contributed by atoms with Crippen LogP contribution in [0.25, 0.3) is 0 Å². The summed E-state index contributed by atoms with van der Waals surface area (Å²) in [6, 6.07) is 3.00. The largest absolute Gasteiger partial charge is 0.845 e. The van der Waals surface area contributed by atoms with Crippen LogP contribution in [0.2, 0.25) is 0 Å². The number of pyridine rings is 1. The van der Waals surface area contributed by atoms with Gasteiger partial charge in [-0.05, 0) is 17.3 Å². The van der Waals surface area contributed by atoms with E-state index in [0.29, 0.717) is 0 Å². The Balaban J connectivity index is 1.91. The van der Waals surface area contributed by atoms with Gasteiger partial charge >= 0.3 is 10.0 Å². The molecule has 3 rings (SSSR count). The number of hydrogen-bond donors (Lipinski definition) is 1. The second-order valence-electron chi connectivity index (χ2n) is 5.21. The number of rotatable bonds is 6. The Morgan fingerprint density at radius 2 is 1.97 bits per heavy atom. The lowest BCUT2D eigenvalue weighted by atomic mass is 10.3. The van der Waals surface area contributed by atoms with Crippen LogP contribution in [-0.2, 0) is 19.6 Å². The normalized spacial score (nSPS) is 14.3. The fourth-order valence-electron chi connectivity index (χ4n) is 2.13. The van der Waals surface area contributed by atoms with E-state index in [9.17, 15) is 13.5 Å². The molecule has 0 unspecified atom stereocenters. The highest BCUT2D eigenvalue weighted by molar-refractivity contribution is 7.90. The molecule has 13 nitrogen and oxygen atoms in total. The number of aromatic nitrogens is 3. The third-order valence-corrected chi connectivity index (χ3v) is 4.55. The van der Waals surface area contributed by atoms with Gasteiger partial charge in [0.15, 0.2) is 11.6 Å². The summed E-state index contributed by atoms with van der Waals surface area (Å²) in [5.74, 6) is -0.164. The minimum atomic E-state index is -4.52. The van der Waals surface area contributed by atoms with Gasteiger partial charge in [0.1, 0.15) is 6.61 Å². The van der Waals surface area contributed by atoms with E-state index in [-0.39, 0.29) is 42.4 Å². The van der Waals surface area contributed by atoms with E-state index in [1.807, 2.05) is 0 Å². The fraction of sp³-hybridized carbons (Fsp3) is 0.267. The van der Waals surface area contributed by atoms with Crippen molar-refractivity contribution in [2.24, 2.45) is 9.55 Å². The van der Waals surface area contributed by atoms with Gasteiger partial charge in [-0.15, -0.1) is 0 Å². The molecule has 154 valence electrons. The number of anilines is 1. The summed E-state index contributed by atoms with van der Waals surface area (Å²) in [4.78, 5) is 16.4. The molecule has 0 atom stereocenters. The van der Waals surface area contributed by atoms with E-state index in [2.05, 4.69) is 29.8 Å². The van der Waals surface area contributed by atoms with Crippen molar-refractivity contribution in [3.63, 3.8) is 0 Å². The molecule has 1 N–H and O–H groups in total. The molecule has 29 heavy (non-hydrogen) atoms. The van der Waals surface area contributed by atoms with Crippen LogP contribution in [0, 0.1) is 0 Å². The zero-order valence-corrected chi connectivity index (χ0v) is 16.0. The van der Waals surface area contributed by atoms with Gasteiger partial charge in [-0.2, -0.15) is 22.8 Å². The number of hydrogen-bond acceptors (Lipinski definition) is 11. The summed E-state index contributed by atoms with van der Waals surface area (Å²) >= 11 is 0. The molecule has 2 aromatic heterocycles. The van der Waals surface area contributed by atoms with E-state index in [4.69, 9.17) is 19.0 Å². The minimum Gasteiger partial charge on any atom is -0.845 e.